The Kier molecular flexibility index (Phi) is 6.85. The number of hydrogen-bond acceptors (Lipinski definition) is 4. The van der Waals surface area contributed by atoms with Gasteiger partial charge in [0.2, 0.25) is 5.91 Å². The van der Waals surface area contributed by atoms with Crippen molar-refractivity contribution in [2.75, 3.05) is 6.54 Å². The molecule has 94 valence electrons. The summed E-state index contributed by atoms with van der Waals surface area (Å²) < 4.78 is 0. The molecule has 1 atom stereocenters. The number of nitrogens with zero attached hydrogens (tertiary/aromatic N) is 1. The van der Waals surface area contributed by atoms with Crippen molar-refractivity contribution in [1.82, 2.24) is 10.6 Å². The molecule has 0 aliphatic carbocycles. The topological polar surface area (TPSA) is 152 Å². The Morgan fingerprint density at radius 2 is 2.18 bits per heavy atom. The van der Waals surface area contributed by atoms with Gasteiger partial charge in [0.25, 0.3) is 0 Å². The van der Waals surface area contributed by atoms with Crippen molar-refractivity contribution in [3.05, 3.63) is 0 Å². The fourth-order valence-electron chi connectivity index (χ4n) is 1.10. The van der Waals surface area contributed by atoms with E-state index in [0.717, 1.165) is 0 Å². The van der Waals surface area contributed by atoms with Gasteiger partial charge in [-0.05, 0) is 12.8 Å². The van der Waals surface area contributed by atoms with Crippen molar-refractivity contribution in [2.24, 2.45) is 5.73 Å². The van der Waals surface area contributed by atoms with E-state index in [0.29, 0.717) is 13.0 Å². The number of carboxylic acid groups (broad SMARTS) is 1. The normalized spacial score (nSPS) is 11.0. The van der Waals surface area contributed by atoms with E-state index in [9.17, 15) is 9.59 Å². The lowest BCUT2D eigenvalue weighted by Gasteiger charge is -2.13. The van der Waals surface area contributed by atoms with Crippen molar-refractivity contribution in [1.29, 1.82) is 10.7 Å². The van der Waals surface area contributed by atoms with Crippen molar-refractivity contribution in [3.8, 4) is 6.07 Å². The molecule has 0 unspecified atom stereocenters. The number of hydrogen-bond donors (Lipinski definition) is 5. The quantitative estimate of drug-likeness (QED) is 0.213. The number of nitrogens with two attached hydrogens (primary N) is 1. The highest BCUT2D eigenvalue weighted by Gasteiger charge is 2.18. The Labute approximate surface area is 98.3 Å². The van der Waals surface area contributed by atoms with Crippen LogP contribution in [0.1, 0.15) is 19.3 Å². The van der Waals surface area contributed by atoms with Crippen LogP contribution >= 0.6 is 0 Å². The first-order chi connectivity index (χ1) is 7.97. The molecular formula is C9H15N5O3. The van der Waals surface area contributed by atoms with Crippen LogP contribution in [0.5, 0.6) is 0 Å². The molecule has 0 aromatic carbocycles. The van der Waals surface area contributed by atoms with E-state index in [1.807, 2.05) is 0 Å². The lowest BCUT2D eigenvalue weighted by Crippen LogP contribution is -2.41. The predicted octanol–water partition coefficient (Wildman–Crippen LogP) is -1.27. The molecule has 0 fully saturated rings. The van der Waals surface area contributed by atoms with Gasteiger partial charge in [-0.1, -0.05) is 0 Å². The van der Waals surface area contributed by atoms with Crippen LogP contribution in [0.4, 0.5) is 0 Å². The summed E-state index contributed by atoms with van der Waals surface area (Å²) >= 11 is 0. The first-order valence-corrected chi connectivity index (χ1v) is 4.94. The predicted molar refractivity (Wildman–Crippen MR) is 58.9 cm³/mol. The second kappa shape index (κ2) is 7.92. The molecule has 0 aromatic rings. The molecule has 0 rings (SSSR count). The molecule has 0 bridgehead atoms. The highest BCUT2D eigenvalue weighted by Crippen LogP contribution is 1.97. The van der Waals surface area contributed by atoms with E-state index >= 15 is 0 Å². The molecule has 8 nitrogen and oxygen atoms in total. The third-order valence-corrected chi connectivity index (χ3v) is 1.86. The summed E-state index contributed by atoms with van der Waals surface area (Å²) in [5.41, 5.74) is 5.04. The van der Waals surface area contributed by atoms with Gasteiger partial charge in [0.15, 0.2) is 5.96 Å². The molecule has 0 saturated carbocycles. The van der Waals surface area contributed by atoms with Gasteiger partial charge < -0.3 is 21.5 Å². The van der Waals surface area contributed by atoms with Gasteiger partial charge in [-0.2, -0.15) is 5.26 Å². The average Bonchev–Trinajstić information content (AvgIpc) is 2.22. The smallest absolute Gasteiger partial charge is 0.326 e. The van der Waals surface area contributed by atoms with E-state index in [2.05, 4.69) is 10.6 Å². The minimum atomic E-state index is -1.15. The van der Waals surface area contributed by atoms with Gasteiger partial charge in [-0.25, -0.2) is 4.79 Å². The van der Waals surface area contributed by atoms with E-state index < -0.39 is 17.9 Å². The van der Waals surface area contributed by atoms with Crippen molar-refractivity contribution in [2.45, 2.75) is 25.3 Å². The van der Waals surface area contributed by atoms with Crippen molar-refractivity contribution < 1.29 is 14.7 Å². The van der Waals surface area contributed by atoms with Crippen LogP contribution in [-0.4, -0.2) is 35.5 Å². The number of carbonyl (C=O) groups excluding carboxylic acids is 1. The summed E-state index contributed by atoms with van der Waals surface area (Å²) in [4.78, 5) is 21.8. The lowest BCUT2D eigenvalue weighted by atomic mass is 10.1. The van der Waals surface area contributed by atoms with Gasteiger partial charge in [0.1, 0.15) is 12.5 Å². The molecule has 6 N–H and O–H groups in total. The summed E-state index contributed by atoms with van der Waals surface area (Å²) in [6.07, 6.45) is 0.269. The van der Waals surface area contributed by atoms with E-state index in [1.54, 1.807) is 6.07 Å². The number of nitriles is 1. The second-order valence-corrected chi connectivity index (χ2v) is 3.28. The molecule has 0 aromatic heterocycles. The minimum Gasteiger partial charge on any atom is -0.480 e. The average molecular weight is 241 g/mol. The first kappa shape index (κ1) is 14.7. The maximum absolute atomic E-state index is 11.0. The lowest BCUT2D eigenvalue weighted by molar-refractivity contribution is -0.141. The Morgan fingerprint density at radius 1 is 1.53 bits per heavy atom. The standard InChI is InChI=1S/C9H15N5O3/c10-4-3-7(15)14-6(8(16)17)2-1-5-13-9(11)12/h6H,1-3,5H2,(H,14,15)(H,16,17)(H4,11,12,13)/t6-/m0/s1. The maximum atomic E-state index is 11.0. The Balaban J connectivity index is 4.00. The van der Waals surface area contributed by atoms with E-state index in [4.69, 9.17) is 21.5 Å². The van der Waals surface area contributed by atoms with Crippen LogP contribution in [0.25, 0.3) is 0 Å². The fourth-order valence-corrected chi connectivity index (χ4v) is 1.10. The Bertz CT molecular complexity index is 336. The number of carbonyl (C=O) groups is 2. The molecule has 17 heavy (non-hydrogen) atoms. The number of guanidine groups is 1. The molecule has 0 spiro atoms. The second-order valence-electron chi connectivity index (χ2n) is 3.28. The molecule has 0 aliphatic heterocycles. The SMILES string of the molecule is N#CCC(=O)N[C@@H](CCCNC(=N)N)C(=O)O. The highest BCUT2D eigenvalue weighted by molar-refractivity contribution is 5.84. The highest BCUT2D eigenvalue weighted by atomic mass is 16.4. The minimum absolute atomic E-state index is 0.189. The third kappa shape index (κ3) is 7.61. The number of amides is 1. The maximum Gasteiger partial charge on any atom is 0.326 e. The van der Waals surface area contributed by atoms with E-state index in [-0.39, 0.29) is 18.8 Å². The fraction of sp³-hybridized carbons (Fsp3) is 0.556. The molecule has 1 amide bonds. The van der Waals surface area contributed by atoms with Crippen molar-refractivity contribution >= 4 is 17.8 Å². The summed E-state index contributed by atoms with van der Waals surface area (Å²) in [5.74, 6) is -1.95. The van der Waals surface area contributed by atoms with E-state index in [1.165, 1.54) is 0 Å². The molecule has 0 saturated heterocycles. The van der Waals surface area contributed by atoms with Crippen molar-refractivity contribution in [3.63, 3.8) is 0 Å². The summed E-state index contributed by atoms with van der Waals surface area (Å²) in [6, 6.07) is 0.608. The first-order valence-electron chi connectivity index (χ1n) is 4.94. The molecule has 8 heteroatoms. The molecule has 0 heterocycles. The van der Waals surface area contributed by atoms with Crippen LogP contribution in [-0.2, 0) is 9.59 Å². The zero-order valence-corrected chi connectivity index (χ0v) is 9.19. The molecule has 0 aliphatic rings. The Morgan fingerprint density at radius 3 is 2.65 bits per heavy atom. The van der Waals surface area contributed by atoms with Crippen LogP contribution in [0.3, 0.4) is 0 Å². The Hall–Kier alpha value is -2.30. The van der Waals surface area contributed by atoms with Crippen LogP contribution in [0, 0.1) is 16.7 Å². The van der Waals surface area contributed by atoms with Crippen LogP contribution in [0.2, 0.25) is 0 Å². The number of nitrogens with one attached hydrogen (secondary N) is 3. The summed E-state index contributed by atoms with van der Waals surface area (Å²) in [5, 5.41) is 28.7. The number of aliphatic carboxylic acids is 1. The molecule has 0 radical (unpaired) electrons. The van der Waals surface area contributed by atoms with Gasteiger partial charge in [0.05, 0.1) is 6.07 Å². The third-order valence-electron chi connectivity index (χ3n) is 1.86. The monoisotopic (exact) mass is 241 g/mol. The largest absolute Gasteiger partial charge is 0.480 e. The number of rotatable bonds is 7. The summed E-state index contributed by atoms with van der Waals surface area (Å²) in [7, 11) is 0. The van der Waals surface area contributed by atoms with Crippen LogP contribution in [0.15, 0.2) is 0 Å². The van der Waals surface area contributed by atoms with Gasteiger partial charge in [-0.15, -0.1) is 0 Å². The molecular weight excluding hydrogens is 226 g/mol. The van der Waals surface area contributed by atoms with Gasteiger partial charge in [-0.3, -0.25) is 10.2 Å². The number of carboxylic acids is 1. The zero-order chi connectivity index (χ0) is 13.3. The van der Waals surface area contributed by atoms with Crippen LogP contribution < -0.4 is 16.4 Å². The van der Waals surface area contributed by atoms with Gasteiger partial charge in [0, 0.05) is 6.54 Å². The summed E-state index contributed by atoms with van der Waals surface area (Å²) in [6.45, 7) is 0.354. The zero-order valence-electron chi connectivity index (χ0n) is 9.19. The van der Waals surface area contributed by atoms with Gasteiger partial charge >= 0.3 is 5.97 Å².